The molecule has 1 aromatic carbocycles. The summed E-state index contributed by atoms with van der Waals surface area (Å²) in [6.07, 6.45) is 2.98. The van der Waals surface area contributed by atoms with Crippen molar-refractivity contribution in [3.05, 3.63) is 33.7 Å². The van der Waals surface area contributed by atoms with Crippen molar-refractivity contribution < 1.29 is 14.3 Å². The zero-order chi connectivity index (χ0) is 20.3. The molecule has 1 aliphatic rings. The number of hydrogen-bond acceptors (Lipinski definition) is 5. The van der Waals surface area contributed by atoms with E-state index in [0.29, 0.717) is 18.5 Å². The summed E-state index contributed by atoms with van der Waals surface area (Å²) in [7, 11) is 1.62. The molecule has 3 rings (SSSR count). The second-order valence-corrected chi connectivity index (χ2v) is 8.67. The van der Waals surface area contributed by atoms with Crippen LogP contribution in [0.25, 0.3) is 10.6 Å². The lowest BCUT2D eigenvalue weighted by atomic mass is 9.88. The van der Waals surface area contributed by atoms with Crippen molar-refractivity contribution in [2.75, 3.05) is 7.11 Å². The van der Waals surface area contributed by atoms with E-state index in [1.54, 1.807) is 7.11 Å². The van der Waals surface area contributed by atoms with Crippen LogP contribution in [-0.2, 0) is 11.3 Å². The van der Waals surface area contributed by atoms with E-state index in [1.165, 1.54) is 16.2 Å². The molecule has 2 heterocycles. The largest absolute Gasteiger partial charge is 0.496 e. The molecule has 8 heteroatoms. The number of aromatic nitrogens is 1. The first kappa shape index (κ1) is 20.8. The summed E-state index contributed by atoms with van der Waals surface area (Å²) in [6.45, 7) is 4.22. The van der Waals surface area contributed by atoms with Crippen molar-refractivity contribution in [3.8, 4) is 16.3 Å². The first-order chi connectivity index (χ1) is 13.4. The third-order valence-electron chi connectivity index (χ3n) is 4.86. The van der Waals surface area contributed by atoms with E-state index in [9.17, 15) is 9.59 Å². The number of amides is 3. The molecule has 0 saturated carbocycles. The summed E-state index contributed by atoms with van der Waals surface area (Å²) in [5.41, 5.74) is 0.790. The van der Waals surface area contributed by atoms with E-state index in [4.69, 9.17) is 4.74 Å². The van der Waals surface area contributed by atoms with E-state index >= 15 is 0 Å². The minimum Gasteiger partial charge on any atom is -0.496 e. The maximum absolute atomic E-state index is 13.0. The Morgan fingerprint density at radius 1 is 1.25 bits per heavy atom. The maximum Gasteiger partial charge on any atom is 0.325 e. The smallest absolute Gasteiger partial charge is 0.325 e. The average molecular weight is 466 g/mol. The van der Waals surface area contributed by atoms with Crippen molar-refractivity contribution in [3.63, 3.8) is 0 Å². The Bertz CT molecular complexity index is 877. The molecule has 6 nitrogen and oxygen atoms in total. The molecule has 0 atom stereocenters. The summed E-state index contributed by atoms with van der Waals surface area (Å²) in [6, 6.07) is 5.40. The number of ether oxygens (including phenoxy) is 1. The summed E-state index contributed by atoms with van der Waals surface area (Å²) >= 11 is 4.94. The standard InChI is InChI=1S/C20H24BrN3O3S/c1-4-8-20(9-5-2)18(25)24(19(26)23-20)11-14-12-28-17(22-14)15-10-13(21)6-7-16(15)27-3/h6-7,10,12H,4-5,8-9,11H2,1-3H3,(H,23,26). The average Bonchev–Trinajstić information content (AvgIpc) is 3.22. The molecule has 0 aliphatic carbocycles. The summed E-state index contributed by atoms with van der Waals surface area (Å²) in [4.78, 5) is 31.5. The van der Waals surface area contributed by atoms with Gasteiger partial charge in [0, 0.05) is 9.85 Å². The van der Waals surface area contributed by atoms with Crippen LogP contribution in [0.1, 0.15) is 45.2 Å². The summed E-state index contributed by atoms with van der Waals surface area (Å²) < 4.78 is 6.36. The molecule has 1 N–H and O–H groups in total. The molecule has 0 unspecified atom stereocenters. The highest BCUT2D eigenvalue weighted by molar-refractivity contribution is 9.10. The second-order valence-electron chi connectivity index (χ2n) is 6.89. The van der Waals surface area contributed by atoms with Crippen LogP contribution in [0.2, 0.25) is 0 Å². The number of thiazole rings is 1. The molecule has 3 amide bonds. The van der Waals surface area contributed by atoms with E-state index in [2.05, 4.69) is 26.2 Å². The van der Waals surface area contributed by atoms with Gasteiger partial charge < -0.3 is 10.1 Å². The van der Waals surface area contributed by atoms with Gasteiger partial charge >= 0.3 is 6.03 Å². The Labute approximate surface area is 177 Å². The van der Waals surface area contributed by atoms with Gasteiger partial charge in [-0.2, -0.15) is 0 Å². The number of hydrogen-bond donors (Lipinski definition) is 1. The first-order valence-electron chi connectivity index (χ1n) is 9.36. The molecule has 28 heavy (non-hydrogen) atoms. The maximum atomic E-state index is 13.0. The number of carbonyl (C=O) groups excluding carboxylic acids is 2. The third-order valence-corrected chi connectivity index (χ3v) is 6.28. The fourth-order valence-corrected chi connectivity index (χ4v) is 4.84. The number of urea groups is 1. The van der Waals surface area contributed by atoms with Gasteiger partial charge in [-0.3, -0.25) is 9.69 Å². The van der Waals surface area contributed by atoms with Gasteiger partial charge in [-0.1, -0.05) is 42.6 Å². The number of nitrogens with one attached hydrogen (secondary N) is 1. The highest BCUT2D eigenvalue weighted by atomic mass is 79.9. The number of halogens is 1. The first-order valence-corrected chi connectivity index (χ1v) is 11.0. The van der Waals surface area contributed by atoms with Gasteiger partial charge in [0.25, 0.3) is 5.91 Å². The van der Waals surface area contributed by atoms with Crippen LogP contribution in [0, 0.1) is 0 Å². The van der Waals surface area contributed by atoms with E-state index in [-0.39, 0.29) is 18.5 Å². The molecule has 1 aromatic heterocycles. The zero-order valence-electron chi connectivity index (χ0n) is 16.3. The number of methoxy groups -OCH3 is 1. The van der Waals surface area contributed by atoms with Gasteiger partial charge in [-0.25, -0.2) is 9.78 Å². The van der Waals surface area contributed by atoms with Crippen molar-refractivity contribution in [2.24, 2.45) is 0 Å². The number of nitrogens with zero attached hydrogens (tertiary/aromatic N) is 2. The van der Waals surface area contributed by atoms with Gasteiger partial charge in [-0.15, -0.1) is 11.3 Å². The molecule has 150 valence electrons. The minimum absolute atomic E-state index is 0.143. The lowest BCUT2D eigenvalue weighted by Crippen LogP contribution is -2.46. The third kappa shape index (κ3) is 3.93. The molecule has 2 aromatic rings. The number of benzene rings is 1. The number of imide groups is 1. The molecule has 1 aliphatic heterocycles. The Balaban J connectivity index is 1.83. The zero-order valence-corrected chi connectivity index (χ0v) is 18.7. The predicted octanol–water partition coefficient (Wildman–Crippen LogP) is 4.97. The highest BCUT2D eigenvalue weighted by Crippen LogP contribution is 2.35. The van der Waals surface area contributed by atoms with E-state index < -0.39 is 5.54 Å². The Morgan fingerprint density at radius 3 is 2.61 bits per heavy atom. The summed E-state index contributed by atoms with van der Waals surface area (Å²) in [5, 5.41) is 5.61. The van der Waals surface area contributed by atoms with Crippen LogP contribution < -0.4 is 10.1 Å². The van der Waals surface area contributed by atoms with E-state index in [0.717, 1.165) is 33.6 Å². The van der Waals surface area contributed by atoms with Crippen LogP contribution in [0.4, 0.5) is 4.79 Å². The van der Waals surface area contributed by atoms with Crippen LogP contribution >= 0.6 is 27.3 Å². The SMILES string of the molecule is CCCC1(CCC)NC(=O)N(Cc2csc(-c3cc(Br)ccc3OC)n2)C1=O. The van der Waals surface area contributed by atoms with Crippen molar-refractivity contribution in [2.45, 2.75) is 51.6 Å². The number of carbonyl (C=O) groups is 2. The van der Waals surface area contributed by atoms with E-state index in [1.807, 2.05) is 37.4 Å². The van der Waals surface area contributed by atoms with Crippen LogP contribution in [0.3, 0.4) is 0 Å². The van der Waals surface area contributed by atoms with Crippen molar-refractivity contribution in [1.29, 1.82) is 0 Å². The topological polar surface area (TPSA) is 71.5 Å². The van der Waals surface area contributed by atoms with Crippen LogP contribution in [-0.4, -0.2) is 34.5 Å². The van der Waals surface area contributed by atoms with Gasteiger partial charge in [0.1, 0.15) is 16.3 Å². The van der Waals surface area contributed by atoms with Gasteiger partial charge in [0.15, 0.2) is 0 Å². The quantitative estimate of drug-likeness (QED) is 0.558. The monoisotopic (exact) mass is 465 g/mol. The van der Waals surface area contributed by atoms with Gasteiger partial charge in [0.05, 0.1) is 24.9 Å². The van der Waals surface area contributed by atoms with Gasteiger partial charge in [0.2, 0.25) is 0 Å². The predicted molar refractivity (Wildman–Crippen MR) is 113 cm³/mol. The molecule has 0 spiro atoms. The Kier molecular flexibility index (Phi) is 6.40. The Hall–Kier alpha value is -1.93. The lowest BCUT2D eigenvalue weighted by Gasteiger charge is -2.25. The fraction of sp³-hybridized carbons (Fsp3) is 0.450. The normalized spacial score (nSPS) is 15.8. The second kappa shape index (κ2) is 8.61. The van der Waals surface area contributed by atoms with Crippen LogP contribution in [0.5, 0.6) is 5.75 Å². The minimum atomic E-state index is -0.771. The lowest BCUT2D eigenvalue weighted by molar-refractivity contribution is -0.132. The molecule has 0 radical (unpaired) electrons. The molecular formula is C20H24BrN3O3S. The van der Waals surface area contributed by atoms with Gasteiger partial charge in [-0.05, 0) is 31.0 Å². The number of rotatable bonds is 8. The summed E-state index contributed by atoms with van der Waals surface area (Å²) in [5.74, 6) is 0.583. The molecule has 0 bridgehead atoms. The molecule has 1 fully saturated rings. The fourth-order valence-electron chi connectivity index (χ4n) is 3.65. The molecular weight excluding hydrogens is 442 g/mol. The van der Waals surface area contributed by atoms with Crippen LogP contribution in [0.15, 0.2) is 28.1 Å². The van der Waals surface area contributed by atoms with Crippen molar-refractivity contribution >= 4 is 39.2 Å². The highest BCUT2D eigenvalue weighted by Gasteiger charge is 2.49. The Morgan fingerprint density at radius 2 is 1.96 bits per heavy atom. The molecule has 1 saturated heterocycles. The van der Waals surface area contributed by atoms with Crippen molar-refractivity contribution in [1.82, 2.24) is 15.2 Å².